The minimum atomic E-state index is 0.766. The molecule has 0 amide bonds. The molecule has 0 saturated heterocycles. The van der Waals surface area contributed by atoms with Gasteiger partial charge in [0.1, 0.15) is 5.76 Å². The molecule has 1 saturated carbocycles. The monoisotopic (exact) mass is 223 g/mol. The quantitative estimate of drug-likeness (QED) is 0.593. The van der Waals surface area contributed by atoms with E-state index in [1.54, 1.807) is 18.0 Å². The van der Waals surface area contributed by atoms with Crippen molar-refractivity contribution in [3.63, 3.8) is 0 Å². The summed E-state index contributed by atoms with van der Waals surface area (Å²) >= 11 is 1.80. The fourth-order valence-electron chi connectivity index (χ4n) is 1.33. The van der Waals surface area contributed by atoms with Crippen LogP contribution in [0.15, 0.2) is 33.8 Å². The molecule has 0 bridgehead atoms. The second-order valence-electron chi connectivity index (χ2n) is 4.03. The highest BCUT2D eigenvalue weighted by Crippen LogP contribution is 2.25. The molecule has 0 aromatic carbocycles. The van der Waals surface area contributed by atoms with Gasteiger partial charge in [-0.15, -0.1) is 11.8 Å². The van der Waals surface area contributed by atoms with Crippen molar-refractivity contribution in [3.8, 4) is 0 Å². The van der Waals surface area contributed by atoms with E-state index in [9.17, 15) is 0 Å². The van der Waals surface area contributed by atoms with Gasteiger partial charge in [0.25, 0.3) is 0 Å². The molecular formula is C12H17NOS. The second-order valence-corrected chi connectivity index (χ2v) is 5.05. The summed E-state index contributed by atoms with van der Waals surface area (Å²) in [6, 6.07) is 2.78. The van der Waals surface area contributed by atoms with Crippen molar-refractivity contribution in [2.24, 2.45) is 0 Å². The van der Waals surface area contributed by atoms with Gasteiger partial charge in [0.05, 0.1) is 6.26 Å². The lowest BCUT2D eigenvalue weighted by atomic mass is 10.3. The molecule has 2 rings (SSSR count). The molecule has 1 aliphatic carbocycles. The summed E-state index contributed by atoms with van der Waals surface area (Å²) in [5.74, 6) is 1.98. The molecule has 1 heterocycles. The Morgan fingerprint density at radius 3 is 3.07 bits per heavy atom. The molecule has 1 aromatic rings. The zero-order chi connectivity index (χ0) is 10.7. The minimum Gasteiger partial charge on any atom is -0.468 e. The number of hydrogen-bond donors (Lipinski definition) is 1. The van der Waals surface area contributed by atoms with Gasteiger partial charge in [-0.1, -0.05) is 12.2 Å². The molecule has 1 aliphatic rings. The summed E-state index contributed by atoms with van der Waals surface area (Å²) in [4.78, 5) is 1.22. The molecule has 0 aliphatic heterocycles. The molecule has 3 heteroatoms. The maximum absolute atomic E-state index is 5.24. The number of nitrogens with one attached hydrogen (secondary N) is 1. The van der Waals surface area contributed by atoms with Crippen LogP contribution in [0.2, 0.25) is 0 Å². The fraction of sp³-hybridized carbons (Fsp3) is 0.500. The minimum absolute atomic E-state index is 0.766. The summed E-state index contributed by atoms with van der Waals surface area (Å²) in [7, 11) is 0. The van der Waals surface area contributed by atoms with Crippen LogP contribution in [-0.4, -0.2) is 18.3 Å². The zero-order valence-electron chi connectivity index (χ0n) is 9.08. The lowest BCUT2D eigenvalue weighted by Gasteiger charge is -2.05. The van der Waals surface area contributed by atoms with E-state index < -0.39 is 0 Å². The van der Waals surface area contributed by atoms with Gasteiger partial charge >= 0.3 is 0 Å². The van der Waals surface area contributed by atoms with Gasteiger partial charge in [-0.05, 0) is 25.8 Å². The van der Waals surface area contributed by atoms with Crippen molar-refractivity contribution < 1.29 is 4.42 Å². The Kier molecular flexibility index (Phi) is 3.54. The zero-order valence-corrected chi connectivity index (χ0v) is 9.90. The fourth-order valence-corrected chi connectivity index (χ4v) is 2.19. The van der Waals surface area contributed by atoms with E-state index in [1.165, 1.54) is 23.3 Å². The molecule has 15 heavy (non-hydrogen) atoms. The molecule has 0 atom stereocenters. The van der Waals surface area contributed by atoms with Gasteiger partial charge < -0.3 is 9.73 Å². The van der Waals surface area contributed by atoms with Crippen molar-refractivity contribution in [3.05, 3.63) is 30.2 Å². The summed E-state index contributed by atoms with van der Waals surface area (Å²) in [5.41, 5.74) is 1.26. The Morgan fingerprint density at radius 1 is 1.67 bits per heavy atom. The summed E-state index contributed by atoms with van der Waals surface area (Å²) < 4.78 is 5.24. The Balaban J connectivity index is 1.68. The van der Waals surface area contributed by atoms with Crippen molar-refractivity contribution in [1.29, 1.82) is 0 Å². The van der Waals surface area contributed by atoms with Crippen molar-refractivity contribution in [2.45, 2.75) is 30.7 Å². The van der Waals surface area contributed by atoms with Gasteiger partial charge in [0, 0.05) is 23.2 Å². The first-order valence-electron chi connectivity index (χ1n) is 5.32. The molecule has 2 nitrogen and oxygen atoms in total. The van der Waals surface area contributed by atoms with Gasteiger partial charge in [-0.2, -0.15) is 0 Å². The topological polar surface area (TPSA) is 25.2 Å². The van der Waals surface area contributed by atoms with E-state index in [0.29, 0.717) is 0 Å². The van der Waals surface area contributed by atoms with Gasteiger partial charge in [0.2, 0.25) is 0 Å². The third-order valence-electron chi connectivity index (χ3n) is 2.46. The molecule has 0 spiro atoms. The first-order chi connectivity index (χ1) is 7.25. The van der Waals surface area contributed by atoms with Gasteiger partial charge in [-0.25, -0.2) is 0 Å². The highest BCUT2D eigenvalue weighted by atomic mass is 32.2. The Labute approximate surface area is 95.1 Å². The number of rotatable bonds is 6. The molecule has 1 fully saturated rings. The second kappa shape index (κ2) is 4.90. The maximum Gasteiger partial charge on any atom is 0.114 e. The summed E-state index contributed by atoms with van der Waals surface area (Å²) in [6.45, 7) is 7.02. The summed E-state index contributed by atoms with van der Waals surface area (Å²) in [5, 5.41) is 3.46. The van der Waals surface area contributed by atoms with Crippen LogP contribution in [0.4, 0.5) is 0 Å². The number of thioether (sulfide) groups is 1. The van der Waals surface area contributed by atoms with Crippen LogP contribution in [0, 0.1) is 6.92 Å². The van der Waals surface area contributed by atoms with Crippen molar-refractivity contribution >= 4 is 11.8 Å². The summed E-state index contributed by atoms with van der Waals surface area (Å²) in [6.07, 6.45) is 4.41. The molecule has 1 aromatic heterocycles. The van der Waals surface area contributed by atoms with Crippen LogP contribution in [0.1, 0.15) is 18.6 Å². The van der Waals surface area contributed by atoms with Crippen LogP contribution < -0.4 is 5.32 Å². The van der Waals surface area contributed by atoms with Crippen LogP contribution in [0.3, 0.4) is 0 Å². The Bertz CT molecular complexity index is 341. The predicted molar refractivity (Wildman–Crippen MR) is 64.3 cm³/mol. The molecule has 1 N–H and O–H groups in total. The lowest BCUT2D eigenvalue weighted by molar-refractivity contribution is 0.527. The normalized spacial score (nSPS) is 15.5. The van der Waals surface area contributed by atoms with E-state index in [4.69, 9.17) is 4.42 Å². The average molecular weight is 223 g/mol. The van der Waals surface area contributed by atoms with Crippen molar-refractivity contribution in [1.82, 2.24) is 5.32 Å². The predicted octanol–water partition coefficient (Wildman–Crippen LogP) is 2.99. The lowest BCUT2D eigenvalue weighted by Crippen LogP contribution is -2.19. The van der Waals surface area contributed by atoms with Gasteiger partial charge in [-0.3, -0.25) is 0 Å². The third kappa shape index (κ3) is 3.43. The number of aryl methyl sites for hydroxylation is 1. The highest BCUT2D eigenvalue weighted by Gasteiger charge is 2.19. The van der Waals surface area contributed by atoms with Crippen LogP contribution >= 0.6 is 11.8 Å². The SMILES string of the molecule is C=C(CNC1CC1)CSc1ccoc1C. The highest BCUT2D eigenvalue weighted by molar-refractivity contribution is 7.99. The van der Waals surface area contributed by atoms with E-state index in [1.807, 2.05) is 13.0 Å². The van der Waals surface area contributed by atoms with Crippen molar-refractivity contribution in [2.75, 3.05) is 12.3 Å². The number of furan rings is 1. The molecule has 0 radical (unpaired) electrons. The maximum atomic E-state index is 5.24. The molecule has 82 valence electrons. The standard InChI is InChI=1S/C12H17NOS/c1-9(7-13-11-3-4-11)8-15-12-5-6-14-10(12)2/h5-6,11,13H,1,3-4,7-8H2,2H3. The largest absolute Gasteiger partial charge is 0.468 e. The Morgan fingerprint density at radius 2 is 2.47 bits per heavy atom. The van der Waals surface area contributed by atoms with E-state index in [0.717, 1.165) is 24.1 Å². The molecular weight excluding hydrogens is 206 g/mol. The smallest absolute Gasteiger partial charge is 0.114 e. The Hall–Kier alpha value is -0.670. The first kappa shape index (κ1) is 10.8. The van der Waals surface area contributed by atoms with Gasteiger partial charge in [0.15, 0.2) is 0 Å². The third-order valence-corrected chi connectivity index (χ3v) is 3.75. The van der Waals surface area contributed by atoms with Crippen LogP contribution in [-0.2, 0) is 0 Å². The molecule has 0 unspecified atom stereocenters. The first-order valence-corrected chi connectivity index (χ1v) is 6.31. The van der Waals surface area contributed by atoms with Crippen LogP contribution in [0.25, 0.3) is 0 Å². The van der Waals surface area contributed by atoms with Crippen LogP contribution in [0.5, 0.6) is 0 Å². The number of hydrogen-bond acceptors (Lipinski definition) is 3. The average Bonchev–Trinajstić information content (AvgIpc) is 2.96. The van der Waals surface area contributed by atoms with E-state index in [-0.39, 0.29) is 0 Å². The van der Waals surface area contributed by atoms with E-state index >= 15 is 0 Å². The van der Waals surface area contributed by atoms with E-state index in [2.05, 4.69) is 11.9 Å².